The molecule has 1 saturated heterocycles. The first kappa shape index (κ1) is 19.4. The summed E-state index contributed by atoms with van der Waals surface area (Å²) in [5.41, 5.74) is 1.85. The molecule has 25 heavy (non-hydrogen) atoms. The van der Waals surface area contributed by atoms with Crippen molar-refractivity contribution in [2.45, 2.75) is 46.1 Å². The lowest BCUT2D eigenvalue weighted by atomic mass is 10.0. The van der Waals surface area contributed by atoms with Crippen molar-refractivity contribution in [3.63, 3.8) is 0 Å². The van der Waals surface area contributed by atoms with Crippen molar-refractivity contribution in [3.05, 3.63) is 29.3 Å². The van der Waals surface area contributed by atoms with Crippen LogP contribution in [-0.4, -0.2) is 49.2 Å². The van der Waals surface area contributed by atoms with Gasteiger partial charge in [0, 0.05) is 29.6 Å². The first-order valence-electron chi connectivity index (χ1n) is 8.65. The maximum Gasteiger partial charge on any atom is 0.254 e. The summed E-state index contributed by atoms with van der Waals surface area (Å²) in [5.74, 6) is -1.16. The fourth-order valence-electron chi connectivity index (χ4n) is 2.99. The molecule has 1 N–H and O–H groups in total. The number of carbonyl (C=O) groups is 2. The fourth-order valence-corrected chi connectivity index (χ4v) is 3.67. The van der Waals surface area contributed by atoms with Gasteiger partial charge in [-0.1, -0.05) is 6.92 Å². The normalized spacial score (nSPS) is 18.0. The minimum Gasteiger partial charge on any atom is -0.336 e. The molecule has 0 bridgehead atoms. The van der Waals surface area contributed by atoms with Gasteiger partial charge in [0.1, 0.15) is 5.75 Å². The van der Waals surface area contributed by atoms with E-state index in [1.54, 1.807) is 25.1 Å². The number of benzene rings is 1. The lowest BCUT2D eigenvalue weighted by molar-refractivity contribution is -0.113. The van der Waals surface area contributed by atoms with Crippen LogP contribution in [0.5, 0.6) is 0 Å². The van der Waals surface area contributed by atoms with Gasteiger partial charge < -0.3 is 10.2 Å². The lowest BCUT2D eigenvalue weighted by Crippen LogP contribution is -2.42. The summed E-state index contributed by atoms with van der Waals surface area (Å²) in [4.78, 5) is 26.5. The zero-order valence-electron chi connectivity index (χ0n) is 15.0. The van der Waals surface area contributed by atoms with Gasteiger partial charge in [-0.15, -0.1) is 0 Å². The Hall–Kier alpha value is -1.89. The van der Waals surface area contributed by atoms with Crippen LogP contribution >= 0.6 is 0 Å². The van der Waals surface area contributed by atoms with Gasteiger partial charge in [0.2, 0.25) is 5.91 Å². The summed E-state index contributed by atoms with van der Waals surface area (Å²) in [6, 6.07) is 5.32. The average molecular weight is 366 g/mol. The number of aryl methyl sites for hydroxylation is 1. The molecular weight excluding hydrogens is 340 g/mol. The summed E-state index contributed by atoms with van der Waals surface area (Å²) in [5, 5.41) is 2.61. The van der Waals surface area contributed by atoms with Crippen LogP contribution in [0, 0.1) is 6.92 Å². The summed E-state index contributed by atoms with van der Waals surface area (Å²) < 4.78 is 23.0. The van der Waals surface area contributed by atoms with Crippen molar-refractivity contribution in [3.8, 4) is 0 Å². The van der Waals surface area contributed by atoms with Gasteiger partial charge in [-0.25, -0.2) is 8.42 Å². The molecule has 1 unspecified atom stereocenters. The monoisotopic (exact) mass is 366 g/mol. The molecule has 7 heteroatoms. The van der Waals surface area contributed by atoms with Crippen LogP contribution in [0.3, 0.4) is 0 Å². The second-order valence-electron chi connectivity index (χ2n) is 6.60. The van der Waals surface area contributed by atoms with Gasteiger partial charge >= 0.3 is 0 Å². The van der Waals surface area contributed by atoms with Crippen molar-refractivity contribution in [2.24, 2.45) is 0 Å². The second kappa shape index (κ2) is 7.99. The predicted octanol–water partition coefficient (Wildman–Crippen LogP) is 2.38. The third kappa shape index (κ3) is 5.04. The SMILES string of the molecule is CCS(=O)(=O)CC(=O)Nc1ccc(C(=O)N2CCCCC2C)cc1C. The molecule has 0 spiro atoms. The number of carbonyl (C=O) groups excluding carboxylic acids is 2. The first-order valence-corrected chi connectivity index (χ1v) is 10.5. The molecule has 6 nitrogen and oxygen atoms in total. The highest BCUT2D eigenvalue weighted by molar-refractivity contribution is 7.92. The number of anilines is 1. The number of nitrogens with zero attached hydrogens (tertiary/aromatic N) is 1. The first-order chi connectivity index (χ1) is 11.7. The number of piperidine rings is 1. The predicted molar refractivity (Wildman–Crippen MR) is 98.5 cm³/mol. The summed E-state index contributed by atoms with van der Waals surface area (Å²) in [6.45, 7) is 6.13. The van der Waals surface area contributed by atoms with Gasteiger partial charge in [-0.3, -0.25) is 9.59 Å². The summed E-state index contributed by atoms with van der Waals surface area (Å²) in [7, 11) is -3.37. The highest BCUT2D eigenvalue weighted by Crippen LogP contribution is 2.22. The molecule has 2 rings (SSSR count). The highest BCUT2D eigenvalue weighted by atomic mass is 32.2. The number of hydrogen-bond acceptors (Lipinski definition) is 4. The van der Waals surface area contributed by atoms with E-state index in [4.69, 9.17) is 0 Å². The zero-order valence-corrected chi connectivity index (χ0v) is 15.9. The molecule has 1 aliphatic rings. The molecule has 1 heterocycles. The van der Waals surface area contributed by atoms with E-state index in [9.17, 15) is 18.0 Å². The van der Waals surface area contributed by atoms with Crippen molar-refractivity contribution in [1.29, 1.82) is 0 Å². The zero-order chi connectivity index (χ0) is 18.6. The molecule has 0 saturated carbocycles. The Morgan fingerprint density at radius 3 is 2.60 bits per heavy atom. The molecule has 0 aromatic heterocycles. The second-order valence-corrected chi connectivity index (χ2v) is 8.95. The van der Waals surface area contributed by atoms with Crippen LogP contribution < -0.4 is 5.32 Å². The molecule has 2 amide bonds. The van der Waals surface area contributed by atoms with Crippen LogP contribution in [-0.2, 0) is 14.6 Å². The van der Waals surface area contributed by atoms with E-state index in [1.807, 2.05) is 4.90 Å². The minimum absolute atomic E-state index is 0.00161. The lowest BCUT2D eigenvalue weighted by Gasteiger charge is -2.33. The number of hydrogen-bond donors (Lipinski definition) is 1. The average Bonchev–Trinajstić information content (AvgIpc) is 2.56. The van der Waals surface area contributed by atoms with Crippen molar-refractivity contribution in [2.75, 3.05) is 23.4 Å². The fraction of sp³-hybridized carbons (Fsp3) is 0.556. The third-order valence-electron chi connectivity index (χ3n) is 4.60. The van der Waals surface area contributed by atoms with Crippen LogP contribution in [0.15, 0.2) is 18.2 Å². The van der Waals surface area contributed by atoms with E-state index in [-0.39, 0.29) is 17.7 Å². The van der Waals surface area contributed by atoms with Crippen LogP contribution in [0.25, 0.3) is 0 Å². The van der Waals surface area contributed by atoms with Crippen molar-refractivity contribution < 1.29 is 18.0 Å². The van der Waals surface area contributed by atoms with Gasteiger partial charge in [-0.2, -0.15) is 0 Å². The van der Waals surface area contributed by atoms with Gasteiger partial charge in [0.25, 0.3) is 5.91 Å². The quantitative estimate of drug-likeness (QED) is 0.867. The number of sulfone groups is 1. The van der Waals surface area contributed by atoms with E-state index in [0.29, 0.717) is 11.3 Å². The third-order valence-corrected chi connectivity index (χ3v) is 6.18. The van der Waals surface area contributed by atoms with Crippen LogP contribution in [0.4, 0.5) is 5.69 Å². The van der Waals surface area contributed by atoms with Crippen molar-refractivity contribution in [1.82, 2.24) is 4.90 Å². The topological polar surface area (TPSA) is 83.5 Å². The molecule has 1 aromatic rings. The Kier molecular flexibility index (Phi) is 6.21. The summed E-state index contributed by atoms with van der Waals surface area (Å²) in [6.07, 6.45) is 3.19. The molecule has 1 atom stereocenters. The van der Waals surface area contributed by atoms with E-state index < -0.39 is 21.5 Å². The Morgan fingerprint density at radius 1 is 1.28 bits per heavy atom. The maximum atomic E-state index is 12.7. The van der Waals surface area contributed by atoms with Gasteiger partial charge in [0.05, 0.1) is 0 Å². The number of amides is 2. The van der Waals surface area contributed by atoms with E-state index >= 15 is 0 Å². The molecule has 1 fully saturated rings. The Labute approximate surface area is 149 Å². The van der Waals surface area contributed by atoms with Crippen LogP contribution in [0.1, 0.15) is 49.0 Å². The number of nitrogens with one attached hydrogen (secondary N) is 1. The largest absolute Gasteiger partial charge is 0.336 e. The van der Waals surface area contributed by atoms with Gasteiger partial charge in [-0.05, 0) is 56.9 Å². The maximum absolute atomic E-state index is 12.7. The molecule has 0 aliphatic carbocycles. The van der Waals surface area contributed by atoms with Gasteiger partial charge in [0.15, 0.2) is 9.84 Å². The van der Waals surface area contributed by atoms with E-state index in [1.165, 1.54) is 6.92 Å². The molecule has 0 radical (unpaired) electrons. The van der Waals surface area contributed by atoms with Crippen LogP contribution in [0.2, 0.25) is 0 Å². The van der Waals surface area contributed by atoms with E-state index in [0.717, 1.165) is 31.4 Å². The van der Waals surface area contributed by atoms with Crippen molar-refractivity contribution >= 4 is 27.3 Å². The highest BCUT2D eigenvalue weighted by Gasteiger charge is 2.24. The minimum atomic E-state index is -3.37. The standard InChI is InChI=1S/C18H26N2O4S/c1-4-25(23,24)12-17(21)19-16-9-8-15(11-13(16)2)18(22)20-10-6-5-7-14(20)3/h8-9,11,14H,4-7,10,12H2,1-3H3,(H,19,21). The smallest absolute Gasteiger partial charge is 0.254 e. The Morgan fingerprint density at radius 2 is 2.00 bits per heavy atom. The molecular formula is C18H26N2O4S. The number of rotatable bonds is 5. The Bertz CT molecular complexity index is 758. The molecule has 1 aliphatic heterocycles. The summed E-state index contributed by atoms with van der Waals surface area (Å²) >= 11 is 0. The molecule has 138 valence electrons. The molecule has 1 aromatic carbocycles. The Balaban J connectivity index is 2.10. The van der Waals surface area contributed by atoms with E-state index in [2.05, 4.69) is 12.2 Å². The number of likely N-dealkylation sites (tertiary alicyclic amines) is 1.